The summed E-state index contributed by atoms with van der Waals surface area (Å²) in [6.07, 6.45) is 1.07. The van der Waals surface area contributed by atoms with Gasteiger partial charge >= 0.3 is 0 Å². The molecule has 0 spiro atoms. The summed E-state index contributed by atoms with van der Waals surface area (Å²) in [5.41, 5.74) is 4.15. The lowest BCUT2D eigenvalue weighted by Crippen LogP contribution is -2.21. The van der Waals surface area contributed by atoms with Gasteiger partial charge in [0, 0.05) is 12.5 Å². The van der Waals surface area contributed by atoms with E-state index in [1.807, 2.05) is 10.6 Å². The van der Waals surface area contributed by atoms with Crippen LogP contribution in [-0.2, 0) is 13.0 Å². The summed E-state index contributed by atoms with van der Waals surface area (Å²) in [6.45, 7) is 0.805. The molecule has 4 heteroatoms. The third-order valence-corrected chi connectivity index (χ3v) is 4.45. The number of rotatable bonds is 2. The number of fused-ring (bicyclic) bond motifs is 2. The average molecular weight is 284 g/mol. The molecule has 3 aromatic rings. The van der Waals surface area contributed by atoms with Crippen LogP contribution >= 0.6 is 12.2 Å². The molecule has 1 atom stereocenters. The van der Waals surface area contributed by atoms with E-state index in [0.29, 0.717) is 16.2 Å². The van der Waals surface area contributed by atoms with E-state index in [2.05, 4.69) is 29.2 Å². The summed E-state index contributed by atoms with van der Waals surface area (Å²) in [7, 11) is 0. The van der Waals surface area contributed by atoms with Crippen molar-refractivity contribution in [1.29, 1.82) is 0 Å². The number of halogens is 1. The molecule has 1 aromatic heterocycles. The zero-order chi connectivity index (χ0) is 13.7. The molecule has 100 valence electrons. The van der Waals surface area contributed by atoms with Gasteiger partial charge < -0.3 is 9.55 Å². The minimum atomic E-state index is -0.249. The number of nitrogens with zero attached hydrogens (tertiary/aromatic N) is 1. The third kappa shape index (κ3) is 1.64. The molecule has 4 rings (SSSR count). The van der Waals surface area contributed by atoms with Gasteiger partial charge in [0.05, 0.1) is 5.52 Å². The highest BCUT2D eigenvalue weighted by atomic mass is 32.1. The second-order valence-electron chi connectivity index (χ2n) is 5.27. The number of nitrogens with one attached hydrogen (secondary N) is 1. The second kappa shape index (κ2) is 4.28. The maximum absolute atomic E-state index is 13.8. The highest BCUT2D eigenvalue weighted by Gasteiger charge is 2.26. The Hall–Kier alpha value is -1.94. The number of aromatic nitrogens is 2. The lowest BCUT2D eigenvalue weighted by Gasteiger charge is -2.30. The van der Waals surface area contributed by atoms with Crippen molar-refractivity contribution in [3.8, 4) is 0 Å². The number of hydrogen-bond donors (Lipinski definition) is 1. The molecule has 0 bridgehead atoms. The molecule has 1 aliphatic carbocycles. The van der Waals surface area contributed by atoms with Crippen LogP contribution in [0.1, 0.15) is 17.0 Å². The molecular formula is C16H13FN2S. The Morgan fingerprint density at radius 2 is 2.05 bits per heavy atom. The van der Waals surface area contributed by atoms with Gasteiger partial charge in [-0.2, -0.15) is 0 Å². The van der Waals surface area contributed by atoms with Gasteiger partial charge in [-0.15, -0.1) is 0 Å². The first-order chi connectivity index (χ1) is 9.74. The Morgan fingerprint density at radius 3 is 2.90 bits per heavy atom. The average Bonchev–Trinajstić information content (AvgIpc) is 2.74. The summed E-state index contributed by atoms with van der Waals surface area (Å²) >= 11 is 5.34. The van der Waals surface area contributed by atoms with Gasteiger partial charge in [0.25, 0.3) is 0 Å². The van der Waals surface area contributed by atoms with E-state index in [1.165, 1.54) is 17.2 Å². The fourth-order valence-corrected chi connectivity index (χ4v) is 3.35. The van der Waals surface area contributed by atoms with Crippen LogP contribution in [0, 0.1) is 10.6 Å². The van der Waals surface area contributed by atoms with Crippen molar-refractivity contribution < 1.29 is 4.39 Å². The maximum atomic E-state index is 13.8. The van der Waals surface area contributed by atoms with Crippen molar-refractivity contribution in [2.75, 3.05) is 0 Å². The van der Waals surface area contributed by atoms with Crippen LogP contribution < -0.4 is 0 Å². The number of aromatic amines is 1. The predicted molar refractivity (Wildman–Crippen MR) is 80.0 cm³/mol. The molecule has 0 radical (unpaired) electrons. The normalized spacial score (nSPS) is 16.9. The molecule has 0 aliphatic heterocycles. The van der Waals surface area contributed by atoms with Crippen LogP contribution in [0.25, 0.3) is 11.0 Å². The Balaban J connectivity index is 1.76. The molecule has 0 amide bonds. The van der Waals surface area contributed by atoms with Gasteiger partial charge in [0.15, 0.2) is 4.77 Å². The van der Waals surface area contributed by atoms with E-state index in [9.17, 15) is 4.39 Å². The van der Waals surface area contributed by atoms with Crippen molar-refractivity contribution in [1.82, 2.24) is 9.55 Å². The standard InChI is InChI=1S/C16H13FN2S/c17-13-6-3-7-14-15(13)18-16(20)19(14)9-11-8-10-4-1-2-5-12(10)11/h1-7,11H,8-9H2,(H,18,20). The molecular weight excluding hydrogens is 271 g/mol. The highest BCUT2D eigenvalue weighted by Crippen LogP contribution is 2.36. The summed E-state index contributed by atoms with van der Waals surface area (Å²) in [5, 5.41) is 0. The Morgan fingerprint density at radius 1 is 1.20 bits per heavy atom. The van der Waals surface area contributed by atoms with E-state index in [1.54, 1.807) is 6.07 Å². The first-order valence-corrected chi connectivity index (χ1v) is 7.09. The minimum Gasteiger partial charge on any atom is -0.328 e. The van der Waals surface area contributed by atoms with Crippen molar-refractivity contribution in [3.63, 3.8) is 0 Å². The summed E-state index contributed by atoms with van der Waals surface area (Å²) in [4.78, 5) is 2.98. The Labute approximate surface area is 120 Å². The van der Waals surface area contributed by atoms with Crippen molar-refractivity contribution in [3.05, 3.63) is 64.2 Å². The molecule has 2 nitrogen and oxygen atoms in total. The van der Waals surface area contributed by atoms with Gasteiger partial charge in [-0.25, -0.2) is 4.39 Å². The fraction of sp³-hybridized carbons (Fsp3) is 0.188. The van der Waals surface area contributed by atoms with Crippen molar-refractivity contribution in [2.45, 2.75) is 18.9 Å². The minimum absolute atomic E-state index is 0.249. The first kappa shape index (κ1) is 11.9. The number of hydrogen-bond acceptors (Lipinski definition) is 1. The Kier molecular flexibility index (Phi) is 2.54. The molecule has 1 unspecified atom stereocenters. The first-order valence-electron chi connectivity index (χ1n) is 6.69. The largest absolute Gasteiger partial charge is 0.328 e. The quantitative estimate of drug-likeness (QED) is 0.700. The molecule has 1 aliphatic rings. The fourth-order valence-electron chi connectivity index (χ4n) is 3.07. The van der Waals surface area contributed by atoms with Crippen LogP contribution in [0.5, 0.6) is 0 Å². The number of H-pyrrole nitrogens is 1. The summed E-state index contributed by atoms with van der Waals surface area (Å²) in [6, 6.07) is 13.6. The zero-order valence-corrected chi connectivity index (χ0v) is 11.6. The van der Waals surface area contributed by atoms with Crippen LogP contribution in [0.2, 0.25) is 0 Å². The van der Waals surface area contributed by atoms with E-state index in [0.717, 1.165) is 18.5 Å². The van der Waals surface area contributed by atoms with Crippen LogP contribution in [-0.4, -0.2) is 9.55 Å². The second-order valence-corrected chi connectivity index (χ2v) is 5.66. The van der Waals surface area contributed by atoms with E-state index in [4.69, 9.17) is 12.2 Å². The number of imidazole rings is 1. The Bertz CT molecular complexity index is 862. The number of para-hydroxylation sites is 1. The molecule has 1 N–H and O–H groups in total. The van der Waals surface area contributed by atoms with Gasteiger partial charge in [0.2, 0.25) is 0 Å². The van der Waals surface area contributed by atoms with Crippen molar-refractivity contribution in [2.24, 2.45) is 0 Å². The smallest absolute Gasteiger partial charge is 0.178 e. The molecule has 0 saturated heterocycles. The highest BCUT2D eigenvalue weighted by molar-refractivity contribution is 7.71. The topological polar surface area (TPSA) is 20.7 Å². The molecule has 0 saturated carbocycles. The van der Waals surface area contributed by atoms with E-state index in [-0.39, 0.29) is 5.82 Å². The third-order valence-electron chi connectivity index (χ3n) is 4.12. The van der Waals surface area contributed by atoms with Crippen LogP contribution in [0.3, 0.4) is 0 Å². The van der Waals surface area contributed by atoms with Crippen molar-refractivity contribution >= 4 is 23.3 Å². The van der Waals surface area contributed by atoms with Crippen LogP contribution in [0.4, 0.5) is 4.39 Å². The van der Waals surface area contributed by atoms with Gasteiger partial charge in [-0.3, -0.25) is 0 Å². The SMILES string of the molecule is Fc1cccc2c1[nH]c(=S)n2CC1Cc2ccccc21. The molecule has 1 heterocycles. The summed E-state index contributed by atoms with van der Waals surface area (Å²) < 4.78 is 16.4. The molecule has 20 heavy (non-hydrogen) atoms. The van der Waals surface area contributed by atoms with E-state index >= 15 is 0 Å². The summed E-state index contributed by atoms with van der Waals surface area (Å²) in [5.74, 6) is 0.224. The molecule has 0 fully saturated rings. The molecule has 2 aromatic carbocycles. The lowest BCUT2D eigenvalue weighted by atomic mass is 9.77. The van der Waals surface area contributed by atoms with Gasteiger partial charge in [-0.05, 0) is 41.9 Å². The van der Waals surface area contributed by atoms with Crippen LogP contribution in [0.15, 0.2) is 42.5 Å². The predicted octanol–water partition coefficient (Wildman–Crippen LogP) is 4.18. The monoisotopic (exact) mass is 284 g/mol. The maximum Gasteiger partial charge on any atom is 0.178 e. The lowest BCUT2D eigenvalue weighted by molar-refractivity contribution is 0.513. The van der Waals surface area contributed by atoms with Gasteiger partial charge in [0.1, 0.15) is 11.3 Å². The van der Waals surface area contributed by atoms with Gasteiger partial charge in [-0.1, -0.05) is 30.3 Å². The number of benzene rings is 2. The van der Waals surface area contributed by atoms with E-state index < -0.39 is 0 Å². The zero-order valence-electron chi connectivity index (χ0n) is 10.8.